The molecule has 9 heteroatoms. The van der Waals surface area contributed by atoms with E-state index in [1.165, 1.54) is 17.5 Å². The van der Waals surface area contributed by atoms with Gasteiger partial charge in [-0.15, -0.1) is 11.3 Å². The smallest absolute Gasteiger partial charge is 0.329 e. The number of hydrogen-bond acceptors (Lipinski definition) is 8. The zero-order valence-electron chi connectivity index (χ0n) is 11.1. The summed E-state index contributed by atoms with van der Waals surface area (Å²) < 4.78 is 0. The van der Waals surface area contributed by atoms with Crippen LogP contribution in [0.15, 0.2) is 17.1 Å². The lowest BCUT2D eigenvalue weighted by molar-refractivity contribution is -0.384. The summed E-state index contributed by atoms with van der Waals surface area (Å²) >= 11 is 1.48. The third-order valence-corrected chi connectivity index (χ3v) is 3.16. The maximum absolute atomic E-state index is 11.1. The number of hydrogen-bond donors (Lipinski definition) is 1. The first kappa shape index (κ1) is 14.1. The number of nitrogens with zero attached hydrogens (tertiary/aromatic N) is 5. The van der Waals surface area contributed by atoms with Gasteiger partial charge in [0.1, 0.15) is 6.20 Å². The van der Waals surface area contributed by atoms with Crippen LogP contribution in [0.3, 0.4) is 0 Å². The van der Waals surface area contributed by atoms with Crippen molar-refractivity contribution in [3.63, 3.8) is 0 Å². The van der Waals surface area contributed by atoms with Gasteiger partial charge in [-0.05, 0) is 6.92 Å². The van der Waals surface area contributed by atoms with E-state index in [1.54, 1.807) is 17.5 Å². The molecule has 0 radical (unpaired) electrons. The number of nitrogens with one attached hydrogen (secondary N) is 1. The lowest BCUT2D eigenvalue weighted by atomic mass is 10.4. The fourth-order valence-electron chi connectivity index (χ4n) is 1.65. The summed E-state index contributed by atoms with van der Waals surface area (Å²) in [6.45, 7) is 3.00. The van der Waals surface area contributed by atoms with Gasteiger partial charge in [0.25, 0.3) is 0 Å². The minimum Gasteiger partial charge on any atom is -0.354 e. The van der Waals surface area contributed by atoms with Gasteiger partial charge in [0.2, 0.25) is 11.8 Å². The van der Waals surface area contributed by atoms with Gasteiger partial charge >= 0.3 is 5.69 Å². The first-order chi connectivity index (χ1) is 9.61. The Bertz CT molecular complexity index is 589. The molecule has 2 aromatic heterocycles. The van der Waals surface area contributed by atoms with Gasteiger partial charge in [-0.3, -0.25) is 10.1 Å². The second-order valence-corrected chi connectivity index (χ2v) is 4.74. The Morgan fingerprint density at radius 2 is 2.30 bits per heavy atom. The van der Waals surface area contributed by atoms with Crippen molar-refractivity contribution >= 4 is 28.8 Å². The highest BCUT2D eigenvalue weighted by Gasteiger charge is 2.21. The minimum atomic E-state index is -0.484. The molecule has 0 bridgehead atoms. The molecule has 1 N–H and O–H groups in total. The summed E-state index contributed by atoms with van der Waals surface area (Å²) in [4.78, 5) is 24.6. The lowest BCUT2D eigenvalue weighted by Gasteiger charge is -2.17. The number of anilines is 2. The van der Waals surface area contributed by atoms with Crippen molar-refractivity contribution < 1.29 is 4.92 Å². The summed E-state index contributed by atoms with van der Waals surface area (Å²) in [5.74, 6) is 0.646. The Morgan fingerprint density at radius 1 is 1.50 bits per heavy atom. The van der Waals surface area contributed by atoms with E-state index in [-0.39, 0.29) is 11.5 Å². The molecule has 2 heterocycles. The quantitative estimate of drug-likeness (QED) is 0.642. The van der Waals surface area contributed by atoms with E-state index in [1.807, 2.05) is 12.3 Å². The van der Waals surface area contributed by atoms with Gasteiger partial charge in [-0.1, -0.05) is 0 Å². The van der Waals surface area contributed by atoms with Crippen LogP contribution in [-0.4, -0.2) is 33.5 Å². The topological polar surface area (TPSA) is 97.1 Å². The average Bonchev–Trinajstić information content (AvgIpc) is 2.91. The molecule has 106 valence electrons. The van der Waals surface area contributed by atoms with E-state index in [2.05, 4.69) is 20.3 Å². The second-order valence-electron chi connectivity index (χ2n) is 4.03. The Labute approximate surface area is 119 Å². The van der Waals surface area contributed by atoms with E-state index >= 15 is 0 Å². The van der Waals surface area contributed by atoms with Crippen LogP contribution in [0.25, 0.3) is 0 Å². The van der Waals surface area contributed by atoms with Gasteiger partial charge < -0.3 is 10.2 Å². The molecule has 0 atom stereocenters. The Hall–Kier alpha value is -2.29. The highest BCUT2D eigenvalue weighted by Crippen LogP contribution is 2.26. The monoisotopic (exact) mass is 294 g/mol. The zero-order chi connectivity index (χ0) is 14.5. The maximum atomic E-state index is 11.1. The largest absolute Gasteiger partial charge is 0.354 e. The molecule has 2 rings (SSSR count). The predicted octanol–water partition coefficient (Wildman–Crippen LogP) is 1.91. The average molecular weight is 294 g/mol. The SMILES string of the molecule is CCNc1ncc([N+](=O)[O-])c(N(C)Cc2cscn2)n1. The van der Waals surface area contributed by atoms with Crippen LogP contribution in [0, 0.1) is 10.1 Å². The van der Waals surface area contributed by atoms with Gasteiger partial charge in [-0.2, -0.15) is 4.98 Å². The van der Waals surface area contributed by atoms with Crippen molar-refractivity contribution in [3.05, 3.63) is 32.9 Å². The molecule has 0 aromatic carbocycles. The first-order valence-corrected chi connectivity index (χ1v) is 6.89. The molecule has 20 heavy (non-hydrogen) atoms. The van der Waals surface area contributed by atoms with Crippen LogP contribution < -0.4 is 10.2 Å². The van der Waals surface area contributed by atoms with Crippen LogP contribution in [-0.2, 0) is 6.54 Å². The summed E-state index contributed by atoms with van der Waals surface area (Å²) in [5.41, 5.74) is 2.45. The van der Waals surface area contributed by atoms with Crippen molar-refractivity contribution in [2.45, 2.75) is 13.5 Å². The van der Waals surface area contributed by atoms with Crippen molar-refractivity contribution in [3.8, 4) is 0 Å². The van der Waals surface area contributed by atoms with E-state index in [9.17, 15) is 10.1 Å². The number of nitro groups is 1. The summed E-state index contributed by atoms with van der Waals surface area (Å²) in [6.07, 6.45) is 1.22. The minimum absolute atomic E-state index is 0.121. The molecule has 0 fully saturated rings. The summed E-state index contributed by atoms with van der Waals surface area (Å²) in [7, 11) is 1.74. The molecule has 0 aliphatic carbocycles. The van der Waals surface area contributed by atoms with E-state index in [0.29, 0.717) is 19.0 Å². The normalized spacial score (nSPS) is 10.3. The van der Waals surface area contributed by atoms with Crippen molar-refractivity contribution in [1.29, 1.82) is 0 Å². The molecule has 0 saturated carbocycles. The highest BCUT2D eigenvalue weighted by molar-refractivity contribution is 7.07. The fraction of sp³-hybridized carbons (Fsp3) is 0.364. The lowest BCUT2D eigenvalue weighted by Crippen LogP contribution is -2.20. The zero-order valence-corrected chi connectivity index (χ0v) is 11.9. The first-order valence-electron chi connectivity index (χ1n) is 5.95. The van der Waals surface area contributed by atoms with Gasteiger partial charge in [0.15, 0.2) is 0 Å². The molecule has 0 spiro atoms. The molecule has 0 saturated heterocycles. The summed E-state index contributed by atoms with van der Waals surface area (Å²) in [5, 5.41) is 15.9. The molecule has 0 aliphatic heterocycles. The van der Waals surface area contributed by atoms with Gasteiger partial charge in [0, 0.05) is 19.0 Å². The molecule has 0 aliphatic rings. The van der Waals surface area contributed by atoms with E-state index in [4.69, 9.17) is 0 Å². The van der Waals surface area contributed by atoms with E-state index in [0.717, 1.165) is 5.69 Å². The molecular weight excluding hydrogens is 280 g/mol. The van der Waals surface area contributed by atoms with Crippen LogP contribution in [0.1, 0.15) is 12.6 Å². The number of aromatic nitrogens is 3. The molecule has 0 unspecified atom stereocenters. The third kappa shape index (κ3) is 3.18. The number of thiazole rings is 1. The third-order valence-electron chi connectivity index (χ3n) is 2.53. The van der Waals surface area contributed by atoms with Crippen LogP contribution in [0.2, 0.25) is 0 Å². The van der Waals surface area contributed by atoms with Crippen molar-refractivity contribution in [2.75, 3.05) is 23.8 Å². The van der Waals surface area contributed by atoms with Gasteiger partial charge in [-0.25, -0.2) is 9.97 Å². The number of rotatable bonds is 6. The predicted molar refractivity (Wildman–Crippen MR) is 77.1 cm³/mol. The fourth-order valence-corrected chi connectivity index (χ4v) is 2.20. The van der Waals surface area contributed by atoms with Crippen molar-refractivity contribution in [2.24, 2.45) is 0 Å². The van der Waals surface area contributed by atoms with Crippen LogP contribution >= 0.6 is 11.3 Å². The van der Waals surface area contributed by atoms with Gasteiger partial charge in [0.05, 0.1) is 22.7 Å². The van der Waals surface area contributed by atoms with Crippen LogP contribution in [0.5, 0.6) is 0 Å². The maximum Gasteiger partial charge on any atom is 0.329 e. The Morgan fingerprint density at radius 3 is 2.90 bits per heavy atom. The summed E-state index contributed by atoms with van der Waals surface area (Å²) in [6, 6.07) is 0. The van der Waals surface area contributed by atoms with E-state index < -0.39 is 4.92 Å². The molecule has 0 amide bonds. The standard InChI is InChI=1S/C11H14N6O2S/c1-3-12-11-13-4-9(17(18)19)10(15-11)16(2)5-8-6-20-7-14-8/h4,6-7H,3,5H2,1-2H3,(H,12,13,15). The second kappa shape index (κ2) is 6.24. The Kier molecular flexibility index (Phi) is 4.41. The van der Waals surface area contributed by atoms with Crippen LogP contribution in [0.4, 0.5) is 17.5 Å². The Balaban J connectivity index is 2.30. The highest BCUT2D eigenvalue weighted by atomic mass is 32.1. The molecular formula is C11H14N6O2S. The molecule has 2 aromatic rings. The molecule has 8 nitrogen and oxygen atoms in total. The van der Waals surface area contributed by atoms with Crippen molar-refractivity contribution in [1.82, 2.24) is 15.0 Å².